The lowest BCUT2D eigenvalue weighted by Gasteiger charge is -2.10. The second kappa shape index (κ2) is 5.69. The molecule has 0 bridgehead atoms. The van der Waals surface area contributed by atoms with Gasteiger partial charge in [0.1, 0.15) is 0 Å². The zero-order chi connectivity index (χ0) is 16.0. The molecule has 0 amide bonds. The second-order valence-electron chi connectivity index (χ2n) is 5.58. The molecule has 0 saturated carbocycles. The van der Waals surface area contributed by atoms with Crippen molar-refractivity contribution in [3.8, 4) is 11.1 Å². The van der Waals surface area contributed by atoms with Crippen LogP contribution >= 0.6 is 34.2 Å². The number of anilines is 1. The smallest absolute Gasteiger partial charge is 0.0484 e. The predicted molar refractivity (Wildman–Crippen MR) is 109 cm³/mol. The van der Waals surface area contributed by atoms with Gasteiger partial charge >= 0.3 is 0 Å². The van der Waals surface area contributed by atoms with Crippen LogP contribution in [0.5, 0.6) is 0 Å². The molecule has 0 aromatic heterocycles. The van der Waals surface area contributed by atoms with E-state index in [1.54, 1.807) is 0 Å². The van der Waals surface area contributed by atoms with Gasteiger partial charge in [0.15, 0.2) is 0 Å². The van der Waals surface area contributed by atoms with E-state index in [0.717, 1.165) is 30.6 Å². The maximum atomic E-state index is 6.34. The molecule has 3 heteroatoms. The molecule has 0 spiro atoms. The van der Waals surface area contributed by atoms with E-state index in [1.807, 2.05) is 18.2 Å². The first-order chi connectivity index (χ1) is 11.1. The second-order valence-corrected chi connectivity index (χ2v) is 7.15. The van der Waals surface area contributed by atoms with E-state index in [4.69, 9.17) is 17.3 Å². The van der Waals surface area contributed by atoms with E-state index in [2.05, 4.69) is 71.1 Å². The third-order valence-corrected chi connectivity index (χ3v) is 5.45. The SMILES string of the molecule is Nc1cc(-c2cccc3cc4c(Cl)cccc4cc23)ccc1I. The third kappa shape index (κ3) is 2.56. The first-order valence-electron chi connectivity index (χ1n) is 7.30. The quantitative estimate of drug-likeness (QED) is 0.209. The number of benzene rings is 4. The molecule has 0 radical (unpaired) electrons. The summed E-state index contributed by atoms with van der Waals surface area (Å²) in [5.74, 6) is 0. The van der Waals surface area contributed by atoms with E-state index in [0.29, 0.717) is 0 Å². The average Bonchev–Trinajstić information content (AvgIpc) is 2.56. The number of rotatable bonds is 1. The normalized spacial score (nSPS) is 11.2. The molecule has 0 heterocycles. The Morgan fingerprint density at radius 1 is 0.783 bits per heavy atom. The number of halogens is 2. The van der Waals surface area contributed by atoms with Crippen molar-refractivity contribution in [2.45, 2.75) is 0 Å². The highest BCUT2D eigenvalue weighted by atomic mass is 127. The molecule has 1 nitrogen and oxygen atoms in total. The summed E-state index contributed by atoms with van der Waals surface area (Å²) in [5.41, 5.74) is 9.22. The van der Waals surface area contributed by atoms with Crippen LogP contribution in [0.2, 0.25) is 5.02 Å². The van der Waals surface area contributed by atoms with Crippen LogP contribution in [0, 0.1) is 3.57 Å². The van der Waals surface area contributed by atoms with Gasteiger partial charge in [-0.25, -0.2) is 0 Å². The van der Waals surface area contributed by atoms with Gasteiger partial charge in [0, 0.05) is 19.7 Å². The largest absolute Gasteiger partial charge is 0.398 e. The van der Waals surface area contributed by atoms with Gasteiger partial charge < -0.3 is 5.73 Å². The standard InChI is InChI=1S/C20H13ClIN/c21-18-6-2-4-13-9-16-12(10-17(13)18)3-1-5-15(16)14-7-8-19(22)20(23)11-14/h1-11H,23H2. The number of nitrogen functional groups attached to an aromatic ring is 1. The number of fused-ring (bicyclic) bond motifs is 2. The maximum absolute atomic E-state index is 6.34. The Hall–Kier alpha value is -1.78. The van der Waals surface area contributed by atoms with Crippen molar-refractivity contribution in [3.05, 3.63) is 75.3 Å². The van der Waals surface area contributed by atoms with Crippen molar-refractivity contribution in [3.63, 3.8) is 0 Å². The molecule has 0 saturated heterocycles. The van der Waals surface area contributed by atoms with Crippen LogP contribution in [0.4, 0.5) is 5.69 Å². The van der Waals surface area contributed by atoms with Gasteiger partial charge in [-0.1, -0.05) is 48.0 Å². The monoisotopic (exact) mass is 429 g/mol. The van der Waals surface area contributed by atoms with Crippen LogP contribution < -0.4 is 5.73 Å². The van der Waals surface area contributed by atoms with Crippen LogP contribution in [0.3, 0.4) is 0 Å². The van der Waals surface area contributed by atoms with Crippen LogP contribution in [0.15, 0.2) is 66.7 Å². The van der Waals surface area contributed by atoms with Gasteiger partial charge in [0.25, 0.3) is 0 Å². The molecule has 0 aliphatic heterocycles. The number of hydrogen-bond acceptors (Lipinski definition) is 1. The fraction of sp³-hybridized carbons (Fsp3) is 0. The zero-order valence-electron chi connectivity index (χ0n) is 12.2. The summed E-state index contributed by atoms with van der Waals surface area (Å²) in [6.45, 7) is 0. The average molecular weight is 430 g/mol. The Kier molecular flexibility index (Phi) is 3.66. The van der Waals surface area contributed by atoms with Gasteiger partial charge in [-0.3, -0.25) is 0 Å². The Balaban J connectivity index is 2.05. The predicted octanol–water partition coefficient (Wildman–Crippen LogP) is 6.50. The molecule has 4 aromatic carbocycles. The fourth-order valence-corrected chi connectivity index (χ4v) is 3.55. The lowest BCUT2D eigenvalue weighted by Crippen LogP contribution is -1.90. The molecule has 0 fully saturated rings. The summed E-state index contributed by atoms with van der Waals surface area (Å²) in [6.07, 6.45) is 0. The van der Waals surface area contributed by atoms with Crippen molar-refractivity contribution >= 4 is 61.4 Å². The molecule has 4 aromatic rings. The molecule has 23 heavy (non-hydrogen) atoms. The van der Waals surface area contributed by atoms with Gasteiger partial charge in [0.05, 0.1) is 0 Å². The molecule has 112 valence electrons. The van der Waals surface area contributed by atoms with E-state index in [1.165, 1.54) is 16.3 Å². The maximum Gasteiger partial charge on any atom is 0.0484 e. The first-order valence-corrected chi connectivity index (χ1v) is 8.75. The Labute approximate surface area is 153 Å². The summed E-state index contributed by atoms with van der Waals surface area (Å²) >= 11 is 8.59. The Morgan fingerprint density at radius 3 is 2.26 bits per heavy atom. The van der Waals surface area contributed by atoms with Gasteiger partial charge in [-0.2, -0.15) is 0 Å². The lowest BCUT2D eigenvalue weighted by atomic mass is 9.95. The highest BCUT2D eigenvalue weighted by Gasteiger charge is 2.08. The molecule has 0 aliphatic rings. The highest BCUT2D eigenvalue weighted by Crippen LogP contribution is 2.35. The number of hydrogen-bond donors (Lipinski definition) is 1. The summed E-state index contributed by atoms with van der Waals surface area (Å²) in [7, 11) is 0. The zero-order valence-corrected chi connectivity index (χ0v) is 15.1. The van der Waals surface area contributed by atoms with Gasteiger partial charge in [-0.05, 0) is 80.2 Å². The van der Waals surface area contributed by atoms with Crippen LogP contribution in [0.25, 0.3) is 32.7 Å². The molecular weight excluding hydrogens is 417 g/mol. The van der Waals surface area contributed by atoms with Crippen molar-refractivity contribution in [2.24, 2.45) is 0 Å². The number of nitrogens with two attached hydrogens (primary N) is 1. The molecule has 0 aliphatic carbocycles. The molecule has 4 rings (SSSR count). The molecule has 0 atom stereocenters. The van der Waals surface area contributed by atoms with Crippen molar-refractivity contribution in [1.29, 1.82) is 0 Å². The van der Waals surface area contributed by atoms with Crippen LogP contribution in [-0.4, -0.2) is 0 Å². The Morgan fingerprint density at radius 2 is 1.48 bits per heavy atom. The van der Waals surface area contributed by atoms with Crippen molar-refractivity contribution in [2.75, 3.05) is 5.73 Å². The topological polar surface area (TPSA) is 26.0 Å². The molecule has 0 unspecified atom stereocenters. The van der Waals surface area contributed by atoms with E-state index < -0.39 is 0 Å². The molecular formula is C20H13ClIN. The molecule has 2 N–H and O–H groups in total. The van der Waals surface area contributed by atoms with Crippen LogP contribution in [0.1, 0.15) is 0 Å². The van der Waals surface area contributed by atoms with Gasteiger partial charge in [0.2, 0.25) is 0 Å². The van der Waals surface area contributed by atoms with E-state index >= 15 is 0 Å². The first kappa shape index (κ1) is 14.8. The summed E-state index contributed by atoms with van der Waals surface area (Å²) in [6, 6.07) is 22.9. The highest BCUT2D eigenvalue weighted by molar-refractivity contribution is 14.1. The lowest BCUT2D eigenvalue weighted by molar-refractivity contribution is 1.60. The summed E-state index contributed by atoms with van der Waals surface area (Å²) < 4.78 is 1.07. The van der Waals surface area contributed by atoms with E-state index in [-0.39, 0.29) is 0 Å². The summed E-state index contributed by atoms with van der Waals surface area (Å²) in [4.78, 5) is 0. The minimum Gasteiger partial charge on any atom is -0.398 e. The summed E-state index contributed by atoms with van der Waals surface area (Å²) in [5, 5.41) is 5.41. The minimum atomic E-state index is 0.785. The fourth-order valence-electron chi connectivity index (χ4n) is 2.98. The van der Waals surface area contributed by atoms with E-state index in [9.17, 15) is 0 Å². The van der Waals surface area contributed by atoms with Crippen LogP contribution in [-0.2, 0) is 0 Å². The van der Waals surface area contributed by atoms with Crippen molar-refractivity contribution < 1.29 is 0 Å². The minimum absolute atomic E-state index is 0.785. The van der Waals surface area contributed by atoms with Crippen molar-refractivity contribution in [1.82, 2.24) is 0 Å². The third-order valence-electron chi connectivity index (χ3n) is 4.13. The Bertz CT molecular complexity index is 1060. The van der Waals surface area contributed by atoms with Gasteiger partial charge in [-0.15, -0.1) is 0 Å².